The summed E-state index contributed by atoms with van der Waals surface area (Å²) in [6.45, 7) is 1.08. The van der Waals surface area contributed by atoms with Crippen LogP contribution in [0.25, 0.3) is 0 Å². The maximum atomic E-state index is 12.1. The Balaban J connectivity index is 1.75. The van der Waals surface area contributed by atoms with Crippen LogP contribution in [0.4, 0.5) is 11.4 Å². The van der Waals surface area contributed by atoms with E-state index in [2.05, 4.69) is 10.6 Å². The van der Waals surface area contributed by atoms with E-state index in [4.69, 9.17) is 9.47 Å². The van der Waals surface area contributed by atoms with Crippen molar-refractivity contribution in [1.82, 2.24) is 0 Å². The first-order valence-electron chi connectivity index (χ1n) is 8.26. The van der Waals surface area contributed by atoms with Crippen LogP contribution in [0.1, 0.15) is 36.0 Å². The van der Waals surface area contributed by atoms with Gasteiger partial charge in [0.25, 0.3) is 11.8 Å². The van der Waals surface area contributed by atoms with E-state index in [-0.39, 0.29) is 17.4 Å². The standard InChI is InChI=1S/C17H20N2O6/c20-15(13-3-1-5-24-13)18-11-7-10(17(22)23)8-12(9-11)19-16(21)14-4-2-6-25-14/h7-9,13-14H,1-6H2,(H,18,20)(H,19,21)(H,22,23). The predicted octanol–water partition coefficient (Wildman–Crippen LogP) is 1.62. The first-order valence-corrected chi connectivity index (χ1v) is 8.26. The molecule has 25 heavy (non-hydrogen) atoms. The van der Waals surface area contributed by atoms with Gasteiger partial charge in [-0.1, -0.05) is 0 Å². The Morgan fingerprint density at radius 1 is 0.880 bits per heavy atom. The second kappa shape index (κ2) is 7.62. The molecule has 2 fully saturated rings. The Labute approximate surface area is 144 Å². The molecule has 2 saturated heterocycles. The molecule has 8 nitrogen and oxygen atoms in total. The molecule has 1 aromatic rings. The van der Waals surface area contributed by atoms with Gasteiger partial charge in [-0.05, 0) is 43.9 Å². The van der Waals surface area contributed by atoms with E-state index in [9.17, 15) is 19.5 Å². The summed E-state index contributed by atoms with van der Waals surface area (Å²) in [7, 11) is 0. The summed E-state index contributed by atoms with van der Waals surface area (Å²) in [4.78, 5) is 35.6. The van der Waals surface area contributed by atoms with Crippen LogP contribution >= 0.6 is 0 Å². The Morgan fingerprint density at radius 3 is 1.72 bits per heavy atom. The molecule has 0 aliphatic carbocycles. The molecule has 2 aliphatic heterocycles. The second-order valence-corrected chi connectivity index (χ2v) is 6.09. The van der Waals surface area contributed by atoms with Gasteiger partial charge in [-0.2, -0.15) is 0 Å². The highest BCUT2D eigenvalue weighted by atomic mass is 16.5. The van der Waals surface area contributed by atoms with Gasteiger partial charge < -0.3 is 25.2 Å². The van der Waals surface area contributed by atoms with Crippen LogP contribution in [0.15, 0.2) is 18.2 Å². The first-order chi connectivity index (χ1) is 12.0. The molecule has 2 aliphatic rings. The third kappa shape index (κ3) is 4.34. The Kier molecular flexibility index (Phi) is 5.30. The molecule has 2 heterocycles. The summed E-state index contributed by atoms with van der Waals surface area (Å²) >= 11 is 0. The fourth-order valence-corrected chi connectivity index (χ4v) is 2.91. The van der Waals surface area contributed by atoms with Gasteiger partial charge in [0.15, 0.2) is 0 Å². The molecule has 8 heteroatoms. The number of hydrogen-bond donors (Lipinski definition) is 3. The first kappa shape index (κ1) is 17.4. The van der Waals surface area contributed by atoms with Crippen molar-refractivity contribution in [2.75, 3.05) is 23.8 Å². The Hall–Kier alpha value is -2.45. The average Bonchev–Trinajstić information content (AvgIpc) is 3.28. The number of aromatic carboxylic acids is 1. The van der Waals surface area contributed by atoms with E-state index in [1.54, 1.807) is 0 Å². The summed E-state index contributed by atoms with van der Waals surface area (Å²) < 4.78 is 10.6. The molecule has 0 bridgehead atoms. The summed E-state index contributed by atoms with van der Waals surface area (Å²) in [6, 6.07) is 4.21. The van der Waals surface area contributed by atoms with Crippen LogP contribution in [0, 0.1) is 0 Å². The lowest BCUT2D eigenvalue weighted by atomic mass is 10.1. The van der Waals surface area contributed by atoms with Gasteiger partial charge >= 0.3 is 5.97 Å². The molecule has 1 aromatic carbocycles. The molecule has 3 N–H and O–H groups in total. The number of rotatable bonds is 5. The molecular weight excluding hydrogens is 328 g/mol. The SMILES string of the molecule is O=C(O)c1cc(NC(=O)C2CCCO2)cc(NC(=O)C2CCCO2)c1. The average molecular weight is 348 g/mol. The van der Waals surface area contributed by atoms with E-state index >= 15 is 0 Å². The van der Waals surface area contributed by atoms with Crippen LogP contribution in [0.5, 0.6) is 0 Å². The summed E-state index contributed by atoms with van der Waals surface area (Å²) in [6.07, 6.45) is 1.84. The lowest BCUT2D eigenvalue weighted by Crippen LogP contribution is -2.28. The van der Waals surface area contributed by atoms with Crippen LogP contribution in [0.3, 0.4) is 0 Å². The lowest BCUT2D eigenvalue weighted by molar-refractivity contribution is -0.125. The maximum absolute atomic E-state index is 12.1. The van der Waals surface area contributed by atoms with Crippen molar-refractivity contribution in [2.24, 2.45) is 0 Å². The van der Waals surface area contributed by atoms with E-state index in [0.717, 1.165) is 12.8 Å². The van der Waals surface area contributed by atoms with Crippen molar-refractivity contribution >= 4 is 29.2 Å². The van der Waals surface area contributed by atoms with Crippen LogP contribution in [-0.2, 0) is 19.1 Å². The number of hydrogen-bond acceptors (Lipinski definition) is 5. The molecule has 3 rings (SSSR count). The van der Waals surface area contributed by atoms with E-state index in [1.807, 2.05) is 0 Å². The number of anilines is 2. The van der Waals surface area contributed by atoms with Crippen molar-refractivity contribution in [3.8, 4) is 0 Å². The topological polar surface area (TPSA) is 114 Å². The smallest absolute Gasteiger partial charge is 0.335 e. The quantitative estimate of drug-likeness (QED) is 0.745. The van der Waals surface area contributed by atoms with Crippen LogP contribution < -0.4 is 10.6 Å². The highest BCUT2D eigenvalue weighted by Gasteiger charge is 2.25. The largest absolute Gasteiger partial charge is 0.478 e. The minimum atomic E-state index is -1.15. The fourth-order valence-electron chi connectivity index (χ4n) is 2.91. The number of carbonyl (C=O) groups is 3. The molecule has 2 atom stereocenters. The van der Waals surface area contributed by atoms with Crippen molar-refractivity contribution < 1.29 is 29.0 Å². The van der Waals surface area contributed by atoms with Gasteiger partial charge in [-0.15, -0.1) is 0 Å². The fraction of sp³-hybridized carbons (Fsp3) is 0.471. The summed E-state index contributed by atoms with van der Waals surface area (Å²) in [5, 5.41) is 14.6. The predicted molar refractivity (Wildman–Crippen MR) is 88.6 cm³/mol. The summed E-state index contributed by atoms with van der Waals surface area (Å²) in [5.41, 5.74) is 0.555. The van der Waals surface area contributed by atoms with Crippen molar-refractivity contribution in [1.29, 1.82) is 0 Å². The number of nitrogens with one attached hydrogen (secondary N) is 2. The van der Waals surface area contributed by atoms with Crippen LogP contribution in [-0.4, -0.2) is 48.3 Å². The zero-order chi connectivity index (χ0) is 17.8. The van der Waals surface area contributed by atoms with Crippen molar-refractivity contribution in [2.45, 2.75) is 37.9 Å². The number of carboxylic acids is 1. The Morgan fingerprint density at radius 2 is 1.36 bits per heavy atom. The minimum Gasteiger partial charge on any atom is -0.478 e. The van der Waals surface area contributed by atoms with Crippen molar-refractivity contribution in [3.63, 3.8) is 0 Å². The minimum absolute atomic E-state index is 0.0345. The highest BCUT2D eigenvalue weighted by molar-refractivity contribution is 6.00. The van der Waals surface area contributed by atoms with E-state index in [0.29, 0.717) is 37.4 Å². The van der Waals surface area contributed by atoms with Gasteiger partial charge in [-0.25, -0.2) is 4.79 Å². The molecular formula is C17H20N2O6. The molecule has 0 aromatic heterocycles. The van der Waals surface area contributed by atoms with Crippen LogP contribution in [0.2, 0.25) is 0 Å². The molecule has 0 radical (unpaired) electrons. The van der Waals surface area contributed by atoms with E-state index in [1.165, 1.54) is 18.2 Å². The van der Waals surface area contributed by atoms with E-state index < -0.39 is 18.2 Å². The number of carboxylic acid groups (broad SMARTS) is 1. The monoisotopic (exact) mass is 348 g/mol. The van der Waals surface area contributed by atoms with Gasteiger partial charge in [-0.3, -0.25) is 9.59 Å². The zero-order valence-electron chi connectivity index (χ0n) is 13.6. The molecule has 0 spiro atoms. The van der Waals surface area contributed by atoms with Crippen molar-refractivity contribution in [3.05, 3.63) is 23.8 Å². The molecule has 2 amide bonds. The zero-order valence-corrected chi connectivity index (χ0v) is 13.6. The summed E-state index contributed by atoms with van der Waals surface area (Å²) in [5.74, 6) is -1.80. The maximum Gasteiger partial charge on any atom is 0.335 e. The number of ether oxygens (including phenoxy) is 2. The molecule has 0 saturated carbocycles. The number of amides is 2. The Bertz CT molecular complexity index is 629. The van der Waals surface area contributed by atoms with Gasteiger partial charge in [0, 0.05) is 24.6 Å². The highest BCUT2D eigenvalue weighted by Crippen LogP contribution is 2.22. The van der Waals surface area contributed by atoms with Gasteiger partial charge in [0.1, 0.15) is 12.2 Å². The van der Waals surface area contributed by atoms with Gasteiger partial charge in [0.05, 0.1) is 5.56 Å². The third-order valence-electron chi connectivity index (χ3n) is 4.16. The van der Waals surface area contributed by atoms with Gasteiger partial charge in [0.2, 0.25) is 0 Å². The molecule has 134 valence electrons. The normalized spacial score (nSPS) is 22.6. The lowest BCUT2D eigenvalue weighted by Gasteiger charge is -2.14. The number of carbonyl (C=O) groups excluding carboxylic acids is 2. The second-order valence-electron chi connectivity index (χ2n) is 6.09. The number of benzene rings is 1. The molecule has 2 unspecified atom stereocenters. The third-order valence-corrected chi connectivity index (χ3v) is 4.16.